The van der Waals surface area contributed by atoms with E-state index in [-0.39, 0.29) is 29.8 Å². The van der Waals surface area contributed by atoms with Gasteiger partial charge < -0.3 is 11.1 Å². The number of carbonyl (C=O) groups is 3. The van der Waals surface area contributed by atoms with Crippen molar-refractivity contribution in [2.45, 2.75) is 51.1 Å². The SMILES string of the molecule is C[C@@H](CN)NC(=O)c1ccc2c(c1)C(=O)N(C1CCCCC1)C2=O. The van der Waals surface area contributed by atoms with E-state index in [1.165, 1.54) is 11.0 Å². The minimum atomic E-state index is -0.285. The van der Waals surface area contributed by atoms with Crippen molar-refractivity contribution in [3.63, 3.8) is 0 Å². The molecule has 2 aliphatic rings. The Morgan fingerprint density at radius 3 is 2.54 bits per heavy atom. The Labute approximate surface area is 141 Å². The Bertz CT molecular complexity index is 680. The summed E-state index contributed by atoms with van der Waals surface area (Å²) in [6, 6.07) is 4.53. The summed E-state index contributed by atoms with van der Waals surface area (Å²) >= 11 is 0. The van der Waals surface area contributed by atoms with Crippen LogP contribution in [-0.4, -0.2) is 41.2 Å². The fourth-order valence-electron chi connectivity index (χ4n) is 3.44. The number of imide groups is 1. The summed E-state index contributed by atoms with van der Waals surface area (Å²) in [5.41, 5.74) is 6.61. The number of nitrogens with one attached hydrogen (secondary N) is 1. The minimum absolute atomic E-state index is 0.0133. The third kappa shape index (κ3) is 2.94. The number of fused-ring (bicyclic) bond motifs is 1. The normalized spacial score (nSPS) is 19.3. The first-order chi connectivity index (χ1) is 11.5. The van der Waals surface area contributed by atoms with Crippen LogP contribution in [0.2, 0.25) is 0 Å². The predicted octanol–water partition coefficient (Wildman–Crippen LogP) is 1.69. The number of rotatable bonds is 4. The van der Waals surface area contributed by atoms with Crippen molar-refractivity contribution in [1.82, 2.24) is 10.2 Å². The van der Waals surface area contributed by atoms with Crippen LogP contribution in [0.15, 0.2) is 18.2 Å². The van der Waals surface area contributed by atoms with Crippen molar-refractivity contribution in [3.8, 4) is 0 Å². The van der Waals surface area contributed by atoms with Crippen LogP contribution in [0.1, 0.15) is 70.1 Å². The molecular weight excluding hydrogens is 306 g/mol. The van der Waals surface area contributed by atoms with Gasteiger partial charge in [0, 0.05) is 24.2 Å². The molecule has 0 unspecified atom stereocenters. The summed E-state index contributed by atoms with van der Waals surface area (Å²) in [6.07, 6.45) is 4.98. The molecular formula is C18H23N3O3. The molecule has 0 bridgehead atoms. The largest absolute Gasteiger partial charge is 0.348 e. The fraction of sp³-hybridized carbons (Fsp3) is 0.500. The van der Waals surface area contributed by atoms with Crippen LogP contribution in [-0.2, 0) is 0 Å². The van der Waals surface area contributed by atoms with Gasteiger partial charge in [0.15, 0.2) is 0 Å². The fourth-order valence-corrected chi connectivity index (χ4v) is 3.44. The van der Waals surface area contributed by atoms with Crippen LogP contribution in [0.5, 0.6) is 0 Å². The van der Waals surface area contributed by atoms with Crippen LogP contribution < -0.4 is 11.1 Å². The van der Waals surface area contributed by atoms with Gasteiger partial charge in [-0.15, -0.1) is 0 Å². The lowest BCUT2D eigenvalue weighted by Crippen LogP contribution is -2.40. The summed E-state index contributed by atoms with van der Waals surface area (Å²) in [5, 5.41) is 2.76. The van der Waals surface area contributed by atoms with Gasteiger partial charge in [-0.25, -0.2) is 0 Å². The molecule has 1 aromatic rings. The van der Waals surface area contributed by atoms with E-state index in [2.05, 4.69) is 5.32 Å². The Morgan fingerprint density at radius 1 is 1.21 bits per heavy atom. The van der Waals surface area contributed by atoms with Crippen LogP contribution in [0, 0.1) is 0 Å². The van der Waals surface area contributed by atoms with E-state index in [9.17, 15) is 14.4 Å². The van der Waals surface area contributed by atoms with Gasteiger partial charge in [-0.05, 0) is 38.0 Å². The Balaban J connectivity index is 1.84. The van der Waals surface area contributed by atoms with Gasteiger partial charge >= 0.3 is 0 Å². The Kier molecular flexibility index (Phi) is 4.66. The lowest BCUT2D eigenvalue weighted by molar-refractivity contribution is 0.0549. The van der Waals surface area contributed by atoms with Crippen molar-refractivity contribution in [2.75, 3.05) is 6.54 Å². The van der Waals surface area contributed by atoms with Crippen LogP contribution in [0.25, 0.3) is 0 Å². The van der Waals surface area contributed by atoms with E-state index < -0.39 is 0 Å². The van der Waals surface area contributed by atoms with Crippen molar-refractivity contribution in [3.05, 3.63) is 34.9 Å². The zero-order valence-corrected chi connectivity index (χ0v) is 13.9. The van der Waals surface area contributed by atoms with Gasteiger partial charge in [0.25, 0.3) is 17.7 Å². The number of nitrogens with zero attached hydrogens (tertiary/aromatic N) is 1. The van der Waals surface area contributed by atoms with Gasteiger partial charge in [-0.1, -0.05) is 19.3 Å². The average molecular weight is 329 g/mol. The molecule has 1 heterocycles. The molecule has 24 heavy (non-hydrogen) atoms. The summed E-state index contributed by atoms with van der Waals surface area (Å²) in [5.74, 6) is -0.792. The van der Waals surface area contributed by atoms with Crippen LogP contribution in [0.3, 0.4) is 0 Å². The maximum atomic E-state index is 12.7. The van der Waals surface area contributed by atoms with E-state index in [0.717, 1.165) is 32.1 Å². The van der Waals surface area contributed by atoms with E-state index in [1.807, 2.05) is 6.92 Å². The van der Waals surface area contributed by atoms with E-state index in [4.69, 9.17) is 5.73 Å². The number of benzene rings is 1. The molecule has 0 aromatic heterocycles. The standard InChI is InChI=1S/C18H23N3O3/c1-11(10-19)20-16(22)12-7-8-14-15(9-12)18(24)21(17(14)23)13-5-3-2-4-6-13/h7-9,11,13H,2-6,10,19H2,1H3,(H,20,22)/t11-/m0/s1. The second-order valence-corrected chi connectivity index (χ2v) is 6.64. The molecule has 1 fully saturated rings. The molecule has 6 heteroatoms. The summed E-state index contributed by atoms with van der Waals surface area (Å²) in [4.78, 5) is 38.9. The van der Waals surface area contributed by atoms with E-state index in [0.29, 0.717) is 23.2 Å². The highest BCUT2D eigenvalue weighted by Gasteiger charge is 2.40. The van der Waals surface area contributed by atoms with Crippen molar-refractivity contribution >= 4 is 17.7 Å². The number of carbonyl (C=O) groups excluding carboxylic acids is 3. The molecule has 3 N–H and O–H groups in total. The highest BCUT2D eigenvalue weighted by atomic mass is 16.2. The Morgan fingerprint density at radius 2 is 1.88 bits per heavy atom. The highest BCUT2D eigenvalue weighted by Crippen LogP contribution is 2.31. The second-order valence-electron chi connectivity index (χ2n) is 6.64. The molecule has 0 spiro atoms. The van der Waals surface area contributed by atoms with Gasteiger partial charge in [0.1, 0.15) is 0 Å². The first-order valence-electron chi connectivity index (χ1n) is 8.55. The molecule has 3 rings (SSSR count). The molecule has 0 saturated heterocycles. The molecule has 0 radical (unpaired) electrons. The third-order valence-electron chi connectivity index (χ3n) is 4.85. The van der Waals surface area contributed by atoms with Gasteiger partial charge in [0.2, 0.25) is 0 Å². The number of hydrogen-bond acceptors (Lipinski definition) is 4. The zero-order chi connectivity index (χ0) is 17.3. The van der Waals surface area contributed by atoms with Crippen molar-refractivity contribution < 1.29 is 14.4 Å². The minimum Gasteiger partial charge on any atom is -0.348 e. The first kappa shape index (κ1) is 16.6. The molecule has 128 valence electrons. The molecule has 1 atom stereocenters. The highest BCUT2D eigenvalue weighted by molar-refractivity contribution is 6.22. The predicted molar refractivity (Wildman–Crippen MR) is 89.8 cm³/mol. The smallest absolute Gasteiger partial charge is 0.261 e. The zero-order valence-electron chi connectivity index (χ0n) is 13.9. The molecule has 3 amide bonds. The molecule has 1 aliphatic carbocycles. The molecule has 1 aliphatic heterocycles. The topological polar surface area (TPSA) is 92.5 Å². The van der Waals surface area contributed by atoms with Gasteiger partial charge in [-0.2, -0.15) is 0 Å². The third-order valence-corrected chi connectivity index (χ3v) is 4.85. The van der Waals surface area contributed by atoms with Crippen LogP contribution >= 0.6 is 0 Å². The van der Waals surface area contributed by atoms with E-state index in [1.54, 1.807) is 12.1 Å². The number of amides is 3. The average Bonchev–Trinajstić information content (AvgIpc) is 2.86. The molecule has 1 aromatic carbocycles. The Hall–Kier alpha value is -2.21. The van der Waals surface area contributed by atoms with Gasteiger partial charge in [-0.3, -0.25) is 19.3 Å². The monoisotopic (exact) mass is 329 g/mol. The number of nitrogens with two attached hydrogens (primary N) is 1. The summed E-state index contributed by atoms with van der Waals surface area (Å²) in [7, 11) is 0. The quantitative estimate of drug-likeness (QED) is 0.822. The van der Waals surface area contributed by atoms with Gasteiger partial charge in [0.05, 0.1) is 11.1 Å². The lowest BCUT2D eigenvalue weighted by Gasteiger charge is -2.29. The van der Waals surface area contributed by atoms with Crippen LogP contribution in [0.4, 0.5) is 0 Å². The molecule has 1 saturated carbocycles. The maximum absolute atomic E-state index is 12.7. The maximum Gasteiger partial charge on any atom is 0.261 e. The van der Waals surface area contributed by atoms with E-state index >= 15 is 0 Å². The molecule has 6 nitrogen and oxygen atoms in total. The first-order valence-corrected chi connectivity index (χ1v) is 8.55. The van der Waals surface area contributed by atoms with Crippen molar-refractivity contribution in [2.24, 2.45) is 5.73 Å². The van der Waals surface area contributed by atoms with Crippen molar-refractivity contribution in [1.29, 1.82) is 0 Å². The number of hydrogen-bond donors (Lipinski definition) is 2. The summed E-state index contributed by atoms with van der Waals surface area (Å²) in [6.45, 7) is 2.15. The summed E-state index contributed by atoms with van der Waals surface area (Å²) < 4.78 is 0. The second kappa shape index (κ2) is 6.73. The lowest BCUT2D eigenvalue weighted by atomic mass is 9.94.